The fourth-order valence-electron chi connectivity index (χ4n) is 2.13. The van der Waals surface area contributed by atoms with Gasteiger partial charge in [-0.3, -0.25) is 9.59 Å². The van der Waals surface area contributed by atoms with Gasteiger partial charge in [0.25, 0.3) is 11.8 Å². The molecule has 3 N–H and O–H groups in total. The predicted octanol–water partition coefficient (Wildman–Crippen LogP) is 1.94. The number of anilines is 1. The number of H-pyrrole nitrogens is 1. The van der Waals surface area contributed by atoms with E-state index in [0.29, 0.717) is 22.3 Å². The predicted molar refractivity (Wildman–Crippen MR) is 83.2 cm³/mol. The SMILES string of the molecule is CC(C)NC(=O)c1c[nH]c2ncc(NC(=O)c3ccno3)cc12. The minimum Gasteiger partial charge on any atom is -0.351 e. The first-order valence-corrected chi connectivity index (χ1v) is 7.04. The van der Waals surface area contributed by atoms with Gasteiger partial charge < -0.3 is 20.1 Å². The van der Waals surface area contributed by atoms with Crippen LogP contribution >= 0.6 is 0 Å². The third kappa shape index (κ3) is 3.05. The number of hydrogen-bond acceptors (Lipinski definition) is 5. The molecule has 118 valence electrons. The topological polar surface area (TPSA) is 113 Å². The highest BCUT2D eigenvalue weighted by Crippen LogP contribution is 2.21. The van der Waals surface area contributed by atoms with Crippen LogP contribution in [0.1, 0.15) is 34.8 Å². The number of carbonyl (C=O) groups excluding carboxylic acids is 2. The lowest BCUT2D eigenvalue weighted by Gasteiger charge is -2.07. The zero-order valence-corrected chi connectivity index (χ0v) is 12.6. The lowest BCUT2D eigenvalue weighted by molar-refractivity contribution is 0.0943. The number of nitrogens with zero attached hydrogens (tertiary/aromatic N) is 2. The summed E-state index contributed by atoms with van der Waals surface area (Å²) in [6, 6.07) is 3.16. The molecule has 3 heterocycles. The minimum absolute atomic E-state index is 0.0229. The number of carbonyl (C=O) groups is 2. The lowest BCUT2D eigenvalue weighted by atomic mass is 10.2. The third-order valence-electron chi connectivity index (χ3n) is 3.11. The van der Waals surface area contributed by atoms with Crippen LogP contribution in [0.15, 0.2) is 35.2 Å². The first kappa shape index (κ1) is 14.8. The van der Waals surface area contributed by atoms with Crippen molar-refractivity contribution < 1.29 is 14.1 Å². The molecule has 0 atom stereocenters. The molecule has 3 aromatic heterocycles. The highest BCUT2D eigenvalue weighted by molar-refractivity contribution is 6.08. The van der Waals surface area contributed by atoms with E-state index in [-0.39, 0.29) is 17.7 Å². The van der Waals surface area contributed by atoms with E-state index in [1.165, 1.54) is 18.5 Å². The molecule has 0 saturated heterocycles. The largest absolute Gasteiger partial charge is 0.351 e. The molecule has 8 heteroatoms. The van der Waals surface area contributed by atoms with Crippen molar-refractivity contribution >= 4 is 28.5 Å². The van der Waals surface area contributed by atoms with Gasteiger partial charge in [-0.2, -0.15) is 0 Å². The Balaban J connectivity index is 1.88. The summed E-state index contributed by atoms with van der Waals surface area (Å²) in [7, 11) is 0. The number of nitrogens with one attached hydrogen (secondary N) is 3. The maximum Gasteiger partial charge on any atom is 0.294 e. The van der Waals surface area contributed by atoms with E-state index in [4.69, 9.17) is 4.52 Å². The van der Waals surface area contributed by atoms with E-state index in [1.54, 1.807) is 12.3 Å². The van der Waals surface area contributed by atoms with E-state index in [1.807, 2.05) is 13.8 Å². The summed E-state index contributed by atoms with van der Waals surface area (Å²) in [6.07, 6.45) is 4.48. The van der Waals surface area contributed by atoms with Crippen LogP contribution in [0.4, 0.5) is 5.69 Å². The summed E-state index contributed by atoms with van der Waals surface area (Å²) in [5, 5.41) is 9.58. The standard InChI is InChI=1S/C15H15N5O3/c1-8(2)19-14(21)11-7-17-13-10(11)5-9(6-16-13)20-15(22)12-3-4-18-23-12/h3-8H,1-2H3,(H,16,17)(H,19,21)(H,20,22). The van der Waals surface area contributed by atoms with Crippen molar-refractivity contribution in [3.8, 4) is 0 Å². The summed E-state index contributed by atoms with van der Waals surface area (Å²) in [4.78, 5) is 31.3. The summed E-state index contributed by atoms with van der Waals surface area (Å²) in [5.41, 5.74) is 1.49. The lowest BCUT2D eigenvalue weighted by Crippen LogP contribution is -2.29. The summed E-state index contributed by atoms with van der Waals surface area (Å²) < 4.78 is 4.79. The number of pyridine rings is 1. The van der Waals surface area contributed by atoms with Crippen LogP contribution in [0.2, 0.25) is 0 Å². The normalized spacial score (nSPS) is 10.9. The van der Waals surface area contributed by atoms with E-state index >= 15 is 0 Å². The summed E-state index contributed by atoms with van der Waals surface area (Å²) in [6.45, 7) is 3.77. The first-order valence-electron chi connectivity index (χ1n) is 7.04. The summed E-state index contributed by atoms with van der Waals surface area (Å²) in [5.74, 6) is -0.545. The van der Waals surface area contributed by atoms with E-state index in [2.05, 4.69) is 25.8 Å². The molecular formula is C15H15N5O3. The zero-order valence-electron chi connectivity index (χ0n) is 12.6. The second-order valence-corrected chi connectivity index (χ2v) is 5.28. The molecule has 0 aliphatic heterocycles. The van der Waals surface area contributed by atoms with Gasteiger partial charge >= 0.3 is 0 Å². The van der Waals surface area contributed by atoms with Crippen LogP contribution in [-0.2, 0) is 0 Å². The van der Waals surface area contributed by atoms with Gasteiger partial charge in [0.2, 0.25) is 5.76 Å². The number of aromatic amines is 1. The number of fused-ring (bicyclic) bond motifs is 1. The van der Waals surface area contributed by atoms with Gasteiger partial charge in [-0.05, 0) is 19.9 Å². The van der Waals surface area contributed by atoms with Crippen LogP contribution < -0.4 is 10.6 Å². The van der Waals surface area contributed by atoms with Crippen LogP contribution in [0.3, 0.4) is 0 Å². The number of rotatable bonds is 4. The second-order valence-electron chi connectivity index (χ2n) is 5.28. The van der Waals surface area contributed by atoms with Crippen molar-refractivity contribution in [2.75, 3.05) is 5.32 Å². The van der Waals surface area contributed by atoms with E-state index < -0.39 is 5.91 Å². The number of amides is 2. The van der Waals surface area contributed by atoms with Gasteiger partial charge in [0, 0.05) is 23.7 Å². The molecule has 0 aliphatic carbocycles. The van der Waals surface area contributed by atoms with Gasteiger partial charge in [-0.25, -0.2) is 4.98 Å². The molecule has 8 nitrogen and oxygen atoms in total. The fourth-order valence-corrected chi connectivity index (χ4v) is 2.13. The van der Waals surface area contributed by atoms with Gasteiger partial charge in [-0.15, -0.1) is 0 Å². The van der Waals surface area contributed by atoms with Crippen molar-refractivity contribution in [2.24, 2.45) is 0 Å². The molecule has 0 spiro atoms. The highest BCUT2D eigenvalue weighted by atomic mass is 16.5. The first-order chi connectivity index (χ1) is 11.0. The van der Waals surface area contributed by atoms with Crippen molar-refractivity contribution in [1.82, 2.24) is 20.4 Å². The maximum atomic E-state index is 12.2. The molecule has 0 bridgehead atoms. The molecule has 0 saturated carbocycles. The van der Waals surface area contributed by atoms with Crippen molar-refractivity contribution in [3.63, 3.8) is 0 Å². The monoisotopic (exact) mass is 313 g/mol. The molecule has 0 unspecified atom stereocenters. The smallest absolute Gasteiger partial charge is 0.294 e. The maximum absolute atomic E-state index is 12.2. The fraction of sp³-hybridized carbons (Fsp3) is 0.200. The van der Waals surface area contributed by atoms with E-state index in [0.717, 1.165) is 0 Å². The molecule has 0 aromatic carbocycles. The zero-order chi connectivity index (χ0) is 16.4. The minimum atomic E-state index is -0.438. The van der Waals surface area contributed by atoms with Crippen molar-refractivity contribution in [3.05, 3.63) is 42.0 Å². The van der Waals surface area contributed by atoms with Crippen LogP contribution in [0, 0.1) is 0 Å². The Labute approximate surface area is 131 Å². The Kier molecular flexibility index (Phi) is 3.80. The van der Waals surface area contributed by atoms with Crippen molar-refractivity contribution in [2.45, 2.75) is 19.9 Å². The summed E-state index contributed by atoms with van der Waals surface area (Å²) >= 11 is 0. The van der Waals surface area contributed by atoms with E-state index in [9.17, 15) is 9.59 Å². The molecule has 0 fully saturated rings. The van der Waals surface area contributed by atoms with Crippen LogP contribution in [0.25, 0.3) is 11.0 Å². The molecule has 23 heavy (non-hydrogen) atoms. The Morgan fingerprint density at radius 1 is 1.30 bits per heavy atom. The Morgan fingerprint density at radius 2 is 2.13 bits per heavy atom. The molecule has 2 amide bonds. The average Bonchev–Trinajstić information content (AvgIpc) is 3.15. The molecular weight excluding hydrogens is 298 g/mol. The second kappa shape index (κ2) is 5.91. The van der Waals surface area contributed by atoms with Crippen molar-refractivity contribution in [1.29, 1.82) is 0 Å². The van der Waals surface area contributed by atoms with Crippen LogP contribution in [0.5, 0.6) is 0 Å². The Bertz CT molecular complexity index is 851. The number of aromatic nitrogens is 3. The van der Waals surface area contributed by atoms with Gasteiger partial charge in [0.1, 0.15) is 5.65 Å². The van der Waals surface area contributed by atoms with Gasteiger partial charge in [-0.1, -0.05) is 5.16 Å². The molecule has 0 radical (unpaired) electrons. The third-order valence-corrected chi connectivity index (χ3v) is 3.11. The quantitative estimate of drug-likeness (QED) is 0.681. The molecule has 3 rings (SSSR count). The average molecular weight is 313 g/mol. The van der Waals surface area contributed by atoms with Crippen LogP contribution in [-0.4, -0.2) is 33.0 Å². The number of hydrogen-bond donors (Lipinski definition) is 3. The van der Waals surface area contributed by atoms with Gasteiger partial charge in [0.05, 0.1) is 23.6 Å². The molecule has 3 aromatic rings. The Morgan fingerprint density at radius 3 is 2.83 bits per heavy atom. The molecule has 0 aliphatic rings. The van der Waals surface area contributed by atoms with Gasteiger partial charge in [0.15, 0.2) is 0 Å². The Hall–Kier alpha value is -3.16. The highest BCUT2D eigenvalue weighted by Gasteiger charge is 2.15.